The average molecular weight is 438 g/mol. The molecule has 1 amide bonds. The van der Waals surface area contributed by atoms with Crippen molar-refractivity contribution >= 4 is 23.2 Å². The second-order valence-corrected chi connectivity index (χ2v) is 8.22. The fourth-order valence-corrected chi connectivity index (χ4v) is 4.97. The molecule has 32 heavy (non-hydrogen) atoms. The van der Waals surface area contributed by atoms with E-state index in [1.807, 2.05) is 0 Å². The molecule has 3 atom stereocenters. The van der Waals surface area contributed by atoms with Crippen molar-refractivity contribution in [1.29, 1.82) is 0 Å². The molecule has 3 aliphatic carbocycles. The van der Waals surface area contributed by atoms with Crippen LogP contribution in [-0.2, 0) is 20.8 Å². The predicted molar refractivity (Wildman–Crippen MR) is 112 cm³/mol. The third-order valence-corrected chi connectivity index (χ3v) is 6.44. The first kappa shape index (κ1) is 21.6. The highest BCUT2D eigenvalue weighted by Crippen LogP contribution is 2.52. The maximum atomic E-state index is 13.4. The molecular weight excluding hydrogens is 416 g/mol. The fraction of sp³-hybridized carbons (Fsp3) is 0.348. The van der Waals surface area contributed by atoms with Crippen LogP contribution < -0.4 is 11.1 Å². The molecule has 1 aromatic carbocycles. The maximum Gasteiger partial charge on any atom is 0.255 e. The van der Waals surface area contributed by atoms with Crippen LogP contribution in [0.25, 0.3) is 5.76 Å². The summed E-state index contributed by atoms with van der Waals surface area (Å²) in [5, 5.41) is 46.0. The Morgan fingerprint density at radius 2 is 1.97 bits per heavy atom. The Bertz CT molecular complexity index is 1200. The Morgan fingerprint density at radius 3 is 2.62 bits per heavy atom. The molecule has 1 fully saturated rings. The molecule has 0 saturated heterocycles. The molecule has 3 aliphatic rings. The van der Waals surface area contributed by atoms with Gasteiger partial charge >= 0.3 is 0 Å². The Kier molecular flexibility index (Phi) is 5.07. The van der Waals surface area contributed by atoms with Crippen LogP contribution in [0.15, 0.2) is 29.0 Å². The number of ketones is 2. The fourth-order valence-electron chi connectivity index (χ4n) is 4.97. The van der Waals surface area contributed by atoms with Gasteiger partial charge in [-0.1, -0.05) is 11.8 Å². The van der Waals surface area contributed by atoms with E-state index in [0.717, 1.165) is 0 Å². The van der Waals surface area contributed by atoms with Gasteiger partial charge in [-0.05, 0) is 43.5 Å². The summed E-state index contributed by atoms with van der Waals surface area (Å²) in [4.78, 5) is 37.4. The van der Waals surface area contributed by atoms with Gasteiger partial charge in [0, 0.05) is 23.5 Å². The lowest BCUT2D eigenvalue weighted by atomic mass is 9.59. The van der Waals surface area contributed by atoms with Crippen LogP contribution in [-0.4, -0.2) is 57.1 Å². The van der Waals surface area contributed by atoms with Crippen molar-refractivity contribution in [2.45, 2.75) is 24.9 Å². The molecule has 0 aromatic heterocycles. The normalized spacial score (nSPS) is 26.7. The smallest absolute Gasteiger partial charge is 0.255 e. The molecule has 9 heteroatoms. The molecule has 7 N–H and O–H groups in total. The second kappa shape index (κ2) is 7.51. The monoisotopic (exact) mass is 438 g/mol. The number of phenolic OH excluding ortho intramolecular Hbond substituents is 1. The van der Waals surface area contributed by atoms with Crippen LogP contribution in [0.3, 0.4) is 0 Å². The Hall–Kier alpha value is -3.61. The summed E-state index contributed by atoms with van der Waals surface area (Å²) in [6.45, 7) is 0.426. The zero-order valence-electron chi connectivity index (χ0n) is 17.2. The number of benzene rings is 1. The van der Waals surface area contributed by atoms with E-state index in [-0.39, 0.29) is 36.1 Å². The highest BCUT2D eigenvalue weighted by atomic mass is 16.3. The number of aliphatic hydroxyl groups is 3. The number of rotatable bonds is 2. The van der Waals surface area contributed by atoms with Crippen molar-refractivity contribution in [2.24, 2.45) is 17.6 Å². The molecule has 0 radical (unpaired) electrons. The molecule has 0 aliphatic heterocycles. The van der Waals surface area contributed by atoms with E-state index in [4.69, 9.17) is 5.73 Å². The second-order valence-electron chi connectivity index (χ2n) is 8.22. The first-order valence-corrected chi connectivity index (χ1v) is 10.1. The molecule has 1 aromatic rings. The number of carbonyl (C=O) groups is 3. The minimum atomic E-state index is -2.56. The minimum Gasteiger partial charge on any atom is -0.508 e. The Morgan fingerprint density at radius 1 is 1.25 bits per heavy atom. The number of hydrogen-bond acceptors (Lipinski definition) is 8. The largest absolute Gasteiger partial charge is 0.508 e. The number of fused-ring (bicyclic) bond motifs is 3. The lowest BCUT2D eigenvalue weighted by Crippen LogP contribution is -2.58. The van der Waals surface area contributed by atoms with Crippen LogP contribution in [0.1, 0.15) is 29.5 Å². The highest BCUT2D eigenvalue weighted by molar-refractivity contribution is 6.22. The van der Waals surface area contributed by atoms with E-state index in [1.165, 1.54) is 6.07 Å². The van der Waals surface area contributed by atoms with Crippen molar-refractivity contribution in [3.8, 4) is 17.6 Å². The number of phenols is 1. The predicted octanol–water partition coefficient (Wildman–Crippen LogP) is -0.00520. The van der Waals surface area contributed by atoms with Crippen LogP contribution in [0.5, 0.6) is 5.75 Å². The quantitative estimate of drug-likeness (QED) is 0.277. The standard InChI is InChI=1S/C23H22N2O7/c1-25-6-2-3-10-4-5-14(26)17-13(10)8-11-7-12-9-15(27)18(22(24)31)21(30)23(12,32)20(29)16(11)19(17)28/h4-5,11-12,25-26,28,30,32H,6-9H2,1H3,(H2,24,31). The summed E-state index contributed by atoms with van der Waals surface area (Å²) in [6.07, 6.45) is -0.0366. The van der Waals surface area contributed by atoms with Gasteiger partial charge in [0.25, 0.3) is 5.91 Å². The Balaban J connectivity index is 1.90. The molecule has 9 nitrogen and oxygen atoms in total. The van der Waals surface area contributed by atoms with E-state index in [9.17, 15) is 34.8 Å². The third kappa shape index (κ3) is 2.92. The van der Waals surface area contributed by atoms with Gasteiger partial charge in [-0.3, -0.25) is 14.4 Å². The molecule has 0 spiro atoms. The van der Waals surface area contributed by atoms with Crippen molar-refractivity contribution in [2.75, 3.05) is 13.6 Å². The summed E-state index contributed by atoms with van der Waals surface area (Å²) < 4.78 is 0. The zero-order valence-corrected chi connectivity index (χ0v) is 17.2. The topological polar surface area (TPSA) is 170 Å². The van der Waals surface area contributed by atoms with Gasteiger partial charge in [0.2, 0.25) is 5.78 Å². The van der Waals surface area contributed by atoms with Crippen LogP contribution in [0.2, 0.25) is 0 Å². The number of aliphatic hydroxyl groups excluding tert-OH is 2. The minimum absolute atomic E-state index is 0.0355. The van der Waals surface area contributed by atoms with Crippen molar-refractivity contribution in [3.05, 3.63) is 45.7 Å². The number of nitrogens with one attached hydrogen (secondary N) is 1. The van der Waals surface area contributed by atoms with E-state index >= 15 is 0 Å². The Labute approximate surface area is 183 Å². The van der Waals surface area contributed by atoms with Gasteiger partial charge < -0.3 is 31.5 Å². The van der Waals surface area contributed by atoms with Gasteiger partial charge in [0.05, 0.1) is 12.1 Å². The van der Waals surface area contributed by atoms with E-state index in [1.54, 1.807) is 13.1 Å². The highest BCUT2D eigenvalue weighted by Gasteiger charge is 2.60. The summed E-state index contributed by atoms with van der Waals surface area (Å²) >= 11 is 0. The number of nitrogens with two attached hydrogens (primary N) is 1. The van der Waals surface area contributed by atoms with Gasteiger partial charge in [0.1, 0.15) is 22.8 Å². The molecular formula is C23H22N2O7. The van der Waals surface area contributed by atoms with Gasteiger partial charge in [-0.15, -0.1) is 0 Å². The maximum absolute atomic E-state index is 13.4. The first-order valence-electron chi connectivity index (χ1n) is 10.1. The SMILES string of the molecule is CNCC#Cc1ccc(O)c2c1CC1CC3CC(=O)C(C(N)=O)=C(O)C3(O)C(=O)C1=C2O. The molecule has 0 bridgehead atoms. The number of amides is 1. The summed E-state index contributed by atoms with van der Waals surface area (Å²) in [6, 6.07) is 2.97. The van der Waals surface area contributed by atoms with Crippen molar-refractivity contribution in [3.63, 3.8) is 0 Å². The molecule has 3 unspecified atom stereocenters. The molecule has 0 heterocycles. The van der Waals surface area contributed by atoms with Gasteiger partial charge in [0.15, 0.2) is 11.4 Å². The van der Waals surface area contributed by atoms with E-state index in [0.29, 0.717) is 17.7 Å². The molecule has 4 rings (SSSR count). The van der Waals surface area contributed by atoms with E-state index < -0.39 is 52.0 Å². The average Bonchev–Trinajstić information content (AvgIpc) is 2.72. The lowest BCUT2D eigenvalue weighted by Gasteiger charge is -2.46. The van der Waals surface area contributed by atoms with Crippen LogP contribution in [0.4, 0.5) is 0 Å². The van der Waals surface area contributed by atoms with E-state index in [2.05, 4.69) is 17.2 Å². The first-order chi connectivity index (χ1) is 15.1. The van der Waals surface area contributed by atoms with Crippen LogP contribution >= 0.6 is 0 Å². The zero-order chi connectivity index (χ0) is 23.4. The molecule has 1 saturated carbocycles. The van der Waals surface area contributed by atoms with Crippen molar-refractivity contribution < 1.29 is 34.8 Å². The number of primary amides is 1. The van der Waals surface area contributed by atoms with Gasteiger partial charge in [-0.25, -0.2) is 0 Å². The van der Waals surface area contributed by atoms with Crippen molar-refractivity contribution in [1.82, 2.24) is 5.32 Å². The number of hydrogen-bond donors (Lipinski definition) is 6. The third-order valence-electron chi connectivity index (χ3n) is 6.44. The number of Topliss-reactive ketones (excluding diaryl/α,β-unsaturated/α-hetero) is 2. The number of aromatic hydroxyl groups is 1. The molecule has 166 valence electrons. The van der Waals surface area contributed by atoms with Crippen LogP contribution in [0, 0.1) is 23.7 Å². The summed E-state index contributed by atoms with van der Waals surface area (Å²) in [5.41, 5.74) is 2.80. The number of carbonyl (C=O) groups excluding carboxylic acids is 3. The lowest BCUT2D eigenvalue weighted by molar-refractivity contribution is -0.147. The summed E-state index contributed by atoms with van der Waals surface area (Å²) in [5.74, 6) is -0.558. The summed E-state index contributed by atoms with van der Waals surface area (Å²) in [7, 11) is 1.75. The van der Waals surface area contributed by atoms with Gasteiger partial charge in [-0.2, -0.15) is 0 Å².